The lowest BCUT2D eigenvalue weighted by Gasteiger charge is -2.35. The number of nitrogens with zero attached hydrogens (tertiary/aromatic N) is 2. The van der Waals surface area contributed by atoms with Crippen LogP contribution < -0.4 is 5.32 Å². The average Bonchev–Trinajstić information content (AvgIpc) is 2.64. The fourth-order valence-electron chi connectivity index (χ4n) is 3.17. The first-order valence-corrected chi connectivity index (χ1v) is 8.84. The molecule has 0 aromatic heterocycles. The van der Waals surface area contributed by atoms with Crippen molar-refractivity contribution in [2.45, 2.75) is 12.5 Å². The second-order valence-electron chi connectivity index (χ2n) is 6.42. The fourth-order valence-corrected chi connectivity index (χ4v) is 3.17. The van der Waals surface area contributed by atoms with Crippen molar-refractivity contribution in [1.82, 2.24) is 15.1 Å². The Morgan fingerprint density at radius 2 is 2.00 bits per heavy atom. The number of hydrogen-bond acceptors (Lipinski definition) is 4. The molecule has 2 fully saturated rings. The number of nitrogens with one attached hydrogen (secondary N) is 1. The summed E-state index contributed by atoms with van der Waals surface area (Å²) in [6.45, 7) is 6.72. The van der Waals surface area contributed by atoms with Crippen LogP contribution >= 0.6 is 0 Å². The van der Waals surface area contributed by atoms with E-state index in [4.69, 9.17) is 4.74 Å². The summed E-state index contributed by atoms with van der Waals surface area (Å²) in [5.74, 6) is 0.248. The van der Waals surface area contributed by atoms with E-state index in [0.717, 1.165) is 45.9 Å². The summed E-state index contributed by atoms with van der Waals surface area (Å²) in [6, 6.07) is 10.5. The molecule has 1 aromatic carbocycles. The van der Waals surface area contributed by atoms with Gasteiger partial charge in [0.1, 0.15) is 0 Å². The molecule has 24 heavy (non-hydrogen) atoms. The molecule has 2 aliphatic heterocycles. The number of carbonyl (C=O) groups is 1. The van der Waals surface area contributed by atoms with Gasteiger partial charge in [-0.05, 0) is 5.56 Å². The van der Waals surface area contributed by atoms with Crippen LogP contribution in [0.5, 0.6) is 0 Å². The topological polar surface area (TPSA) is 44.8 Å². The molecule has 3 rings (SSSR count). The molecule has 0 radical (unpaired) electrons. The number of morpholine rings is 1. The van der Waals surface area contributed by atoms with E-state index in [2.05, 4.69) is 46.6 Å². The van der Waals surface area contributed by atoms with E-state index in [-0.39, 0.29) is 11.9 Å². The molecule has 1 aromatic rings. The molecule has 5 nitrogen and oxygen atoms in total. The fraction of sp³-hybridized carbons (Fsp3) is 0.526. The van der Waals surface area contributed by atoms with Gasteiger partial charge in [-0.1, -0.05) is 42.5 Å². The molecule has 0 unspecified atom stereocenters. The Kier molecular flexibility index (Phi) is 6.41. The molecule has 1 N–H and O–H groups in total. The van der Waals surface area contributed by atoms with Gasteiger partial charge in [-0.25, -0.2) is 0 Å². The van der Waals surface area contributed by atoms with Gasteiger partial charge in [-0.3, -0.25) is 9.69 Å². The molecule has 1 amide bonds. The quantitative estimate of drug-likeness (QED) is 0.882. The van der Waals surface area contributed by atoms with Gasteiger partial charge in [0, 0.05) is 51.7 Å². The summed E-state index contributed by atoms with van der Waals surface area (Å²) in [4.78, 5) is 16.8. The second kappa shape index (κ2) is 8.97. The first-order valence-electron chi connectivity index (χ1n) is 8.84. The van der Waals surface area contributed by atoms with Gasteiger partial charge in [0.15, 0.2) is 0 Å². The van der Waals surface area contributed by atoms with Gasteiger partial charge in [0.2, 0.25) is 5.91 Å². The predicted molar refractivity (Wildman–Crippen MR) is 95.7 cm³/mol. The highest BCUT2D eigenvalue weighted by atomic mass is 16.5. The van der Waals surface area contributed by atoms with Crippen LogP contribution in [0.4, 0.5) is 0 Å². The number of rotatable bonds is 5. The molecule has 2 aliphatic rings. The van der Waals surface area contributed by atoms with E-state index in [1.807, 2.05) is 11.0 Å². The van der Waals surface area contributed by atoms with Crippen LogP contribution in [0.1, 0.15) is 12.0 Å². The Labute approximate surface area is 144 Å². The van der Waals surface area contributed by atoms with Crippen LogP contribution in [0.15, 0.2) is 36.4 Å². The van der Waals surface area contributed by atoms with E-state index < -0.39 is 0 Å². The smallest absolute Gasteiger partial charge is 0.224 e. The minimum atomic E-state index is 0.179. The summed E-state index contributed by atoms with van der Waals surface area (Å²) in [6.07, 6.45) is 4.91. The first-order chi connectivity index (χ1) is 11.8. The maximum absolute atomic E-state index is 12.4. The molecule has 0 spiro atoms. The Balaban J connectivity index is 1.37. The molecular weight excluding hydrogens is 302 g/mol. The number of piperazine rings is 1. The van der Waals surface area contributed by atoms with Gasteiger partial charge >= 0.3 is 0 Å². The maximum atomic E-state index is 12.4. The summed E-state index contributed by atoms with van der Waals surface area (Å²) in [5.41, 5.74) is 1.23. The van der Waals surface area contributed by atoms with E-state index in [0.29, 0.717) is 13.0 Å². The highest BCUT2D eigenvalue weighted by molar-refractivity contribution is 5.77. The normalized spacial score (nSPS) is 22.8. The van der Waals surface area contributed by atoms with Crippen LogP contribution in [0.3, 0.4) is 0 Å². The monoisotopic (exact) mass is 329 g/mol. The minimum Gasteiger partial charge on any atom is -0.378 e. The summed E-state index contributed by atoms with van der Waals surface area (Å²) in [7, 11) is 0. The molecule has 0 bridgehead atoms. The zero-order valence-corrected chi connectivity index (χ0v) is 14.2. The van der Waals surface area contributed by atoms with E-state index in [1.54, 1.807) is 0 Å². The third-order valence-corrected chi connectivity index (χ3v) is 4.62. The SMILES string of the molecule is O=C(C[C@H]1COCCN1)N1CCN(C/C=C/c2ccccc2)CC1. The van der Waals surface area contributed by atoms with Crippen molar-refractivity contribution in [3.8, 4) is 0 Å². The lowest BCUT2D eigenvalue weighted by atomic mass is 10.1. The van der Waals surface area contributed by atoms with Crippen LogP contribution in [-0.4, -0.2) is 74.2 Å². The summed E-state index contributed by atoms with van der Waals surface area (Å²) >= 11 is 0. The number of amides is 1. The zero-order chi connectivity index (χ0) is 16.6. The Morgan fingerprint density at radius 3 is 2.71 bits per heavy atom. The van der Waals surface area contributed by atoms with E-state index >= 15 is 0 Å². The van der Waals surface area contributed by atoms with Crippen molar-refractivity contribution >= 4 is 12.0 Å². The Bertz CT molecular complexity index is 533. The minimum absolute atomic E-state index is 0.179. The van der Waals surface area contributed by atoms with Crippen LogP contribution in [0.2, 0.25) is 0 Å². The lowest BCUT2D eigenvalue weighted by Crippen LogP contribution is -2.51. The number of benzene rings is 1. The zero-order valence-electron chi connectivity index (χ0n) is 14.2. The molecule has 5 heteroatoms. The summed E-state index contributed by atoms with van der Waals surface area (Å²) < 4.78 is 5.42. The maximum Gasteiger partial charge on any atom is 0.224 e. The third kappa shape index (κ3) is 5.16. The standard InChI is InChI=1S/C19H27N3O2/c23-19(15-18-16-24-14-8-20-18)22-12-10-21(11-13-22)9-4-7-17-5-2-1-3-6-17/h1-7,18,20H,8-16H2/b7-4+/t18-/m0/s1. The van der Waals surface area contributed by atoms with Crippen LogP contribution in [0.25, 0.3) is 6.08 Å². The van der Waals surface area contributed by atoms with E-state index in [9.17, 15) is 4.79 Å². The molecule has 130 valence electrons. The molecule has 1 atom stereocenters. The number of ether oxygens (including phenoxy) is 1. The van der Waals surface area contributed by atoms with Crippen LogP contribution in [0, 0.1) is 0 Å². The molecule has 0 saturated carbocycles. The van der Waals surface area contributed by atoms with Gasteiger partial charge in [-0.2, -0.15) is 0 Å². The largest absolute Gasteiger partial charge is 0.378 e. The molecule has 2 heterocycles. The second-order valence-corrected chi connectivity index (χ2v) is 6.42. The number of carbonyl (C=O) groups excluding carboxylic acids is 1. The Morgan fingerprint density at radius 1 is 1.21 bits per heavy atom. The first kappa shape index (κ1) is 17.1. The van der Waals surface area contributed by atoms with Crippen molar-refractivity contribution in [3.05, 3.63) is 42.0 Å². The molecular formula is C19H27N3O2. The van der Waals surface area contributed by atoms with Crippen molar-refractivity contribution in [2.24, 2.45) is 0 Å². The average molecular weight is 329 g/mol. The van der Waals surface area contributed by atoms with Gasteiger partial charge < -0.3 is 15.0 Å². The third-order valence-electron chi connectivity index (χ3n) is 4.62. The summed E-state index contributed by atoms with van der Waals surface area (Å²) in [5, 5.41) is 3.35. The van der Waals surface area contributed by atoms with Crippen molar-refractivity contribution in [3.63, 3.8) is 0 Å². The predicted octanol–water partition coefficient (Wildman–Crippen LogP) is 1.22. The lowest BCUT2D eigenvalue weighted by molar-refractivity contribution is -0.134. The molecule has 2 saturated heterocycles. The van der Waals surface area contributed by atoms with Crippen molar-refractivity contribution < 1.29 is 9.53 Å². The Hall–Kier alpha value is -1.69. The van der Waals surface area contributed by atoms with Gasteiger partial charge in [0.05, 0.1) is 13.2 Å². The van der Waals surface area contributed by atoms with Gasteiger partial charge in [0.25, 0.3) is 0 Å². The highest BCUT2D eigenvalue weighted by Gasteiger charge is 2.24. The van der Waals surface area contributed by atoms with E-state index in [1.165, 1.54) is 5.56 Å². The number of hydrogen-bond donors (Lipinski definition) is 1. The van der Waals surface area contributed by atoms with Crippen molar-refractivity contribution in [2.75, 3.05) is 52.5 Å². The van der Waals surface area contributed by atoms with Crippen molar-refractivity contribution in [1.29, 1.82) is 0 Å². The highest BCUT2D eigenvalue weighted by Crippen LogP contribution is 2.08. The van der Waals surface area contributed by atoms with Crippen LogP contribution in [-0.2, 0) is 9.53 Å². The van der Waals surface area contributed by atoms with Gasteiger partial charge in [-0.15, -0.1) is 0 Å². The molecule has 0 aliphatic carbocycles.